The Morgan fingerprint density at radius 2 is 1.79 bits per heavy atom. The summed E-state index contributed by atoms with van der Waals surface area (Å²) in [5.74, 6) is -2.74. The van der Waals surface area contributed by atoms with E-state index >= 15 is 0 Å². The third-order valence-corrected chi connectivity index (χ3v) is 3.62. The molecule has 0 aromatic carbocycles. The Morgan fingerprint density at radius 1 is 1.21 bits per heavy atom. The van der Waals surface area contributed by atoms with Gasteiger partial charge < -0.3 is 36.1 Å². The van der Waals surface area contributed by atoms with Crippen LogP contribution >= 0.6 is 11.8 Å². The van der Waals surface area contributed by atoms with Gasteiger partial charge in [-0.05, 0) is 18.4 Å². The molecule has 0 spiro atoms. The molecule has 12 heteroatoms. The molecular formula is C12H21NO10S. The van der Waals surface area contributed by atoms with E-state index in [1.807, 2.05) is 0 Å². The maximum Gasteiger partial charge on any atom is 0.386 e. The molecule has 0 heterocycles. The van der Waals surface area contributed by atoms with Crippen LogP contribution in [0.5, 0.6) is 0 Å². The maximum absolute atomic E-state index is 11.7. The summed E-state index contributed by atoms with van der Waals surface area (Å²) >= 11 is 1.30. The van der Waals surface area contributed by atoms with Gasteiger partial charge in [-0.15, -0.1) is 0 Å². The van der Waals surface area contributed by atoms with Crippen molar-refractivity contribution in [1.29, 1.82) is 0 Å². The van der Waals surface area contributed by atoms with Crippen LogP contribution in [0.4, 0.5) is 0 Å². The molecule has 5 unspecified atom stereocenters. The lowest BCUT2D eigenvalue weighted by atomic mass is 10.0. The highest BCUT2D eigenvalue weighted by molar-refractivity contribution is 7.98. The molecule has 0 radical (unpaired) electrons. The third-order valence-electron chi connectivity index (χ3n) is 3.01. The van der Waals surface area contributed by atoms with Crippen LogP contribution in [-0.4, -0.2) is 92.3 Å². The normalized spacial score (nSPS) is 18.6. The quantitative estimate of drug-likeness (QED) is 0.0945. The van der Waals surface area contributed by atoms with Gasteiger partial charge in [0.2, 0.25) is 0 Å². The molecule has 0 saturated carbocycles. The summed E-state index contributed by atoms with van der Waals surface area (Å²) in [6.07, 6.45) is -6.80. The van der Waals surface area contributed by atoms with E-state index in [0.717, 1.165) is 0 Å². The largest absolute Gasteiger partial charge is 0.394 e. The van der Waals surface area contributed by atoms with E-state index in [1.54, 1.807) is 6.26 Å². The molecule has 5 atom stereocenters. The summed E-state index contributed by atoms with van der Waals surface area (Å²) < 4.78 is 0. The smallest absolute Gasteiger partial charge is 0.386 e. The number of aldehydes is 1. The zero-order valence-corrected chi connectivity index (χ0v) is 13.6. The molecule has 0 saturated heterocycles. The van der Waals surface area contributed by atoms with Gasteiger partial charge in [0.25, 0.3) is 0 Å². The van der Waals surface area contributed by atoms with Crippen molar-refractivity contribution in [3.8, 4) is 0 Å². The minimum absolute atomic E-state index is 0.0966. The molecule has 0 aliphatic rings. The summed E-state index contributed by atoms with van der Waals surface area (Å²) in [5.41, 5.74) is 3.44. The first-order chi connectivity index (χ1) is 11.1. The van der Waals surface area contributed by atoms with E-state index in [1.165, 1.54) is 11.8 Å². The van der Waals surface area contributed by atoms with Gasteiger partial charge in [-0.25, -0.2) is 19.4 Å². The Balaban J connectivity index is 4.66. The van der Waals surface area contributed by atoms with Crippen LogP contribution in [0.25, 0.3) is 0 Å². The summed E-state index contributed by atoms with van der Waals surface area (Å²) in [4.78, 5) is 42.1. The predicted octanol–water partition coefficient (Wildman–Crippen LogP) is -3.93. The van der Waals surface area contributed by atoms with Crippen molar-refractivity contribution >= 4 is 30.0 Å². The van der Waals surface area contributed by atoms with E-state index in [-0.39, 0.29) is 12.7 Å². The zero-order valence-electron chi connectivity index (χ0n) is 12.8. The Hall–Kier alpha value is -1.28. The Morgan fingerprint density at radius 3 is 2.25 bits per heavy atom. The van der Waals surface area contributed by atoms with E-state index in [2.05, 4.69) is 9.78 Å². The lowest BCUT2D eigenvalue weighted by Gasteiger charge is -2.24. The highest BCUT2D eigenvalue weighted by Crippen LogP contribution is 2.12. The van der Waals surface area contributed by atoms with Crippen LogP contribution < -0.4 is 5.73 Å². The van der Waals surface area contributed by atoms with E-state index in [9.17, 15) is 29.7 Å². The van der Waals surface area contributed by atoms with Crippen LogP contribution in [0, 0.1) is 0 Å². The van der Waals surface area contributed by atoms with Gasteiger partial charge in [0.15, 0.2) is 17.9 Å². The average molecular weight is 371 g/mol. The number of carbonyl (C=O) groups excluding carboxylic acids is 3. The van der Waals surface area contributed by atoms with Crippen LogP contribution in [0.15, 0.2) is 0 Å². The van der Waals surface area contributed by atoms with E-state index < -0.39 is 48.5 Å². The molecule has 0 rings (SSSR count). The number of rotatable bonds is 10. The van der Waals surface area contributed by atoms with Crippen molar-refractivity contribution in [3.05, 3.63) is 0 Å². The molecule has 24 heavy (non-hydrogen) atoms. The number of thioether (sulfide) groups is 1. The molecule has 140 valence electrons. The maximum atomic E-state index is 11.7. The minimum Gasteiger partial charge on any atom is -0.394 e. The molecule has 7 N–H and O–H groups in total. The summed E-state index contributed by atoms with van der Waals surface area (Å²) in [6, 6.07) is 0. The highest BCUT2D eigenvalue weighted by Gasteiger charge is 2.39. The fourth-order valence-electron chi connectivity index (χ4n) is 1.35. The number of aliphatic hydroxyl groups is 5. The SMILES string of the molecule is CSCCC(N)(C=O)C(=O)OOC(=O)C(O)C(O)C(O)C(O)CO. The van der Waals surface area contributed by atoms with Crippen LogP contribution in [0.1, 0.15) is 6.42 Å². The molecule has 0 aromatic rings. The lowest BCUT2D eigenvalue weighted by Crippen LogP contribution is -2.52. The van der Waals surface area contributed by atoms with Crippen molar-refractivity contribution in [2.45, 2.75) is 36.4 Å². The Bertz CT molecular complexity index is 436. The molecule has 0 amide bonds. The van der Waals surface area contributed by atoms with Crippen LogP contribution in [-0.2, 0) is 24.2 Å². The van der Waals surface area contributed by atoms with Crippen molar-refractivity contribution in [1.82, 2.24) is 0 Å². The molecule has 0 aromatic heterocycles. The van der Waals surface area contributed by atoms with Gasteiger partial charge in [0.1, 0.15) is 18.3 Å². The molecule has 11 nitrogen and oxygen atoms in total. The fraction of sp³-hybridized carbons (Fsp3) is 0.750. The topological polar surface area (TPSA) is 197 Å². The molecule has 0 aliphatic carbocycles. The van der Waals surface area contributed by atoms with Gasteiger partial charge in [-0.3, -0.25) is 0 Å². The van der Waals surface area contributed by atoms with Crippen LogP contribution in [0.3, 0.4) is 0 Å². The molecular weight excluding hydrogens is 350 g/mol. The number of carbonyl (C=O) groups is 3. The first-order valence-corrected chi connectivity index (χ1v) is 8.04. The standard InChI is InChI=1S/C12H21NO10S/c1-24-3-2-12(13,5-15)11(21)23-22-10(20)9(19)8(18)7(17)6(16)4-14/h5-9,14,16-19H,2-4,13H2,1H3. The van der Waals surface area contributed by atoms with Gasteiger partial charge in [0, 0.05) is 0 Å². The summed E-state index contributed by atoms with van der Waals surface area (Å²) in [6.45, 7) is -0.945. The van der Waals surface area contributed by atoms with Gasteiger partial charge in [0.05, 0.1) is 6.61 Å². The van der Waals surface area contributed by atoms with Crippen molar-refractivity contribution < 1.29 is 49.7 Å². The van der Waals surface area contributed by atoms with Gasteiger partial charge in [-0.1, -0.05) is 0 Å². The molecule has 0 bridgehead atoms. The summed E-state index contributed by atoms with van der Waals surface area (Å²) in [7, 11) is 0. The first-order valence-electron chi connectivity index (χ1n) is 6.64. The zero-order chi connectivity index (χ0) is 18.9. The predicted molar refractivity (Wildman–Crippen MR) is 79.3 cm³/mol. The molecule has 0 fully saturated rings. The first kappa shape index (κ1) is 22.7. The second-order valence-corrected chi connectivity index (χ2v) is 5.84. The number of nitrogens with two attached hydrogens (primary N) is 1. The van der Waals surface area contributed by atoms with Gasteiger partial charge in [-0.2, -0.15) is 11.8 Å². The van der Waals surface area contributed by atoms with E-state index in [4.69, 9.17) is 15.9 Å². The van der Waals surface area contributed by atoms with E-state index in [0.29, 0.717) is 5.75 Å². The monoisotopic (exact) mass is 371 g/mol. The minimum atomic E-state index is -2.40. The molecule has 0 aliphatic heterocycles. The Kier molecular flexibility index (Phi) is 9.99. The van der Waals surface area contributed by atoms with Gasteiger partial charge >= 0.3 is 11.9 Å². The summed E-state index contributed by atoms with van der Waals surface area (Å²) in [5, 5.41) is 45.9. The number of hydrogen-bond donors (Lipinski definition) is 6. The van der Waals surface area contributed by atoms with Crippen molar-refractivity contribution in [2.24, 2.45) is 5.73 Å². The number of aliphatic hydroxyl groups excluding tert-OH is 5. The van der Waals surface area contributed by atoms with Crippen molar-refractivity contribution in [3.63, 3.8) is 0 Å². The van der Waals surface area contributed by atoms with Crippen LogP contribution in [0.2, 0.25) is 0 Å². The fourth-order valence-corrected chi connectivity index (χ4v) is 1.89. The average Bonchev–Trinajstić information content (AvgIpc) is 2.60. The Labute approximate surface area is 141 Å². The highest BCUT2D eigenvalue weighted by atomic mass is 32.2. The second kappa shape index (κ2) is 10.6. The second-order valence-electron chi connectivity index (χ2n) is 4.85. The third kappa shape index (κ3) is 6.32. The number of hydrogen-bond acceptors (Lipinski definition) is 12. The van der Waals surface area contributed by atoms with Crippen molar-refractivity contribution in [2.75, 3.05) is 18.6 Å². The lowest BCUT2D eigenvalue weighted by molar-refractivity contribution is -0.271.